The lowest BCUT2D eigenvalue weighted by molar-refractivity contribution is -0.117. The first-order valence-electron chi connectivity index (χ1n) is 11.1. The molecule has 35 heavy (non-hydrogen) atoms. The second kappa shape index (κ2) is 8.49. The maximum Gasteiger partial charge on any atom is 0.257 e. The number of carbonyl (C=O) groups excluding carboxylic acids is 2. The van der Waals surface area contributed by atoms with Gasteiger partial charge in [0.15, 0.2) is 17.3 Å². The van der Waals surface area contributed by atoms with Gasteiger partial charge >= 0.3 is 0 Å². The molecule has 2 N–H and O–H groups in total. The van der Waals surface area contributed by atoms with Gasteiger partial charge in [-0.1, -0.05) is 0 Å². The summed E-state index contributed by atoms with van der Waals surface area (Å²) in [6, 6.07) is 3.41. The molecule has 1 saturated carbocycles. The zero-order chi connectivity index (χ0) is 25.0. The van der Waals surface area contributed by atoms with Gasteiger partial charge in [-0.25, -0.2) is 18.2 Å². The Morgan fingerprint density at radius 1 is 1.17 bits per heavy atom. The van der Waals surface area contributed by atoms with Crippen LogP contribution in [0.2, 0.25) is 0 Å². The SMILES string of the molecule is CC(NC(=O)c1cn(-c2c(F)cc(F)cc2F)c2nc(N3C[C@@H](O)CC3=O)ccc2c1=O)C1CC1. The van der Waals surface area contributed by atoms with Gasteiger partial charge in [-0.2, -0.15) is 0 Å². The van der Waals surface area contributed by atoms with Crippen LogP contribution in [0.3, 0.4) is 0 Å². The van der Waals surface area contributed by atoms with Gasteiger partial charge in [0.1, 0.15) is 22.9 Å². The Kier molecular flexibility index (Phi) is 5.59. The number of nitrogens with zero attached hydrogens (tertiary/aromatic N) is 3. The molecule has 3 heterocycles. The number of carbonyl (C=O) groups is 2. The van der Waals surface area contributed by atoms with Crippen LogP contribution in [0.15, 0.2) is 35.3 Å². The van der Waals surface area contributed by atoms with Crippen molar-refractivity contribution >= 4 is 28.7 Å². The summed E-state index contributed by atoms with van der Waals surface area (Å²) < 4.78 is 44.1. The lowest BCUT2D eigenvalue weighted by Gasteiger charge is -2.19. The van der Waals surface area contributed by atoms with Gasteiger partial charge < -0.3 is 10.4 Å². The van der Waals surface area contributed by atoms with Crippen LogP contribution >= 0.6 is 0 Å². The minimum Gasteiger partial charge on any atom is -0.391 e. The minimum absolute atomic E-state index is 0.0413. The number of β-amino-alcohol motifs (C(OH)–C–C–N with tert-alkyl or cyclic N) is 1. The number of amides is 2. The van der Waals surface area contributed by atoms with Crippen molar-refractivity contribution < 1.29 is 27.9 Å². The van der Waals surface area contributed by atoms with E-state index in [1.54, 1.807) is 0 Å². The van der Waals surface area contributed by atoms with Crippen LogP contribution in [0, 0.1) is 23.4 Å². The maximum atomic E-state index is 14.8. The highest BCUT2D eigenvalue weighted by molar-refractivity contribution is 5.99. The van der Waals surface area contributed by atoms with Gasteiger partial charge in [-0.3, -0.25) is 23.9 Å². The first kappa shape index (κ1) is 23.0. The summed E-state index contributed by atoms with van der Waals surface area (Å²) in [6.07, 6.45) is 1.84. The Bertz CT molecular complexity index is 1410. The van der Waals surface area contributed by atoms with Crippen LogP contribution in [-0.2, 0) is 4.79 Å². The third-order valence-corrected chi connectivity index (χ3v) is 6.37. The van der Waals surface area contributed by atoms with E-state index in [9.17, 15) is 32.7 Å². The Morgan fingerprint density at radius 3 is 2.46 bits per heavy atom. The van der Waals surface area contributed by atoms with E-state index in [0.29, 0.717) is 18.1 Å². The Balaban J connectivity index is 1.72. The molecule has 8 nitrogen and oxygen atoms in total. The molecule has 1 aliphatic heterocycles. The molecule has 1 aromatic carbocycles. The molecular formula is C24H21F3N4O4. The predicted molar refractivity (Wildman–Crippen MR) is 120 cm³/mol. The smallest absolute Gasteiger partial charge is 0.257 e. The first-order chi connectivity index (χ1) is 16.6. The molecule has 2 fully saturated rings. The second-order valence-electron chi connectivity index (χ2n) is 8.96. The predicted octanol–water partition coefficient (Wildman–Crippen LogP) is 2.43. The van der Waals surface area contributed by atoms with Crippen LogP contribution in [0.5, 0.6) is 0 Å². The van der Waals surface area contributed by atoms with Crippen LogP contribution in [-0.4, -0.2) is 45.2 Å². The summed E-state index contributed by atoms with van der Waals surface area (Å²) in [5.41, 5.74) is -2.06. The number of aromatic nitrogens is 2. The summed E-state index contributed by atoms with van der Waals surface area (Å²) in [5.74, 6) is -4.47. The highest BCUT2D eigenvalue weighted by Crippen LogP contribution is 2.32. The van der Waals surface area contributed by atoms with E-state index in [1.807, 2.05) is 6.92 Å². The lowest BCUT2D eigenvalue weighted by Crippen LogP contribution is -2.37. The molecule has 182 valence electrons. The summed E-state index contributed by atoms with van der Waals surface area (Å²) in [5, 5.41) is 12.4. The Morgan fingerprint density at radius 2 is 1.86 bits per heavy atom. The van der Waals surface area contributed by atoms with E-state index in [4.69, 9.17) is 0 Å². The second-order valence-corrected chi connectivity index (χ2v) is 8.96. The van der Waals surface area contributed by atoms with Crippen LogP contribution < -0.4 is 15.6 Å². The Hall–Kier alpha value is -3.73. The molecule has 5 rings (SSSR count). The number of anilines is 1. The minimum atomic E-state index is -1.27. The van der Waals surface area contributed by atoms with E-state index in [2.05, 4.69) is 10.3 Å². The highest BCUT2D eigenvalue weighted by Gasteiger charge is 2.32. The zero-order valence-corrected chi connectivity index (χ0v) is 18.6. The number of hydrogen-bond acceptors (Lipinski definition) is 5. The number of benzene rings is 1. The summed E-state index contributed by atoms with van der Waals surface area (Å²) >= 11 is 0. The van der Waals surface area contributed by atoms with Crippen LogP contribution in [0.1, 0.15) is 36.5 Å². The topological polar surface area (TPSA) is 105 Å². The fourth-order valence-electron chi connectivity index (χ4n) is 4.35. The molecule has 0 bridgehead atoms. The molecule has 2 aliphatic rings. The fraction of sp³-hybridized carbons (Fsp3) is 0.333. The number of pyridine rings is 2. The monoisotopic (exact) mass is 486 g/mol. The first-order valence-corrected chi connectivity index (χ1v) is 11.1. The largest absolute Gasteiger partial charge is 0.391 e. The van der Waals surface area contributed by atoms with Crippen molar-refractivity contribution in [3.05, 3.63) is 63.7 Å². The average molecular weight is 486 g/mol. The van der Waals surface area contributed by atoms with Gasteiger partial charge in [-0.05, 0) is 37.8 Å². The number of nitrogens with one attached hydrogen (secondary N) is 1. The summed E-state index contributed by atoms with van der Waals surface area (Å²) in [7, 11) is 0. The van der Waals surface area contributed by atoms with Crippen molar-refractivity contribution in [3.63, 3.8) is 0 Å². The highest BCUT2D eigenvalue weighted by atomic mass is 19.1. The molecule has 1 saturated heterocycles. The van der Waals surface area contributed by atoms with Gasteiger partial charge in [0.25, 0.3) is 5.91 Å². The van der Waals surface area contributed by atoms with Crippen molar-refractivity contribution in [3.8, 4) is 5.69 Å². The van der Waals surface area contributed by atoms with Crippen molar-refractivity contribution in [1.82, 2.24) is 14.9 Å². The van der Waals surface area contributed by atoms with Crippen molar-refractivity contribution in [2.45, 2.75) is 38.3 Å². The standard InChI is InChI=1S/C24H21F3N4O4/c1-11(12-2-3-12)28-24(35)16-10-31(21-17(26)6-13(25)7-18(21)27)23-15(22(16)34)4-5-19(29-23)30-9-14(32)8-20(30)33/h4-7,10-12,14,32H,2-3,8-9H2,1H3,(H,28,35)/t11?,14-/m0/s1. The molecule has 1 unspecified atom stereocenters. The van der Waals surface area contributed by atoms with Crippen LogP contribution in [0.25, 0.3) is 16.7 Å². The molecule has 1 aliphatic carbocycles. The van der Waals surface area contributed by atoms with E-state index in [0.717, 1.165) is 23.6 Å². The molecular weight excluding hydrogens is 465 g/mol. The molecule has 11 heteroatoms. The number of rotatable bonds is 5. The molecule has 0 radical (unpaired) electrons. The van der Waals surface area contributed by atoms with E-state index >= 15 is 0 Å². The van der Waals surface area contributed by atoms with Crippen molar-refractivity contribution in [2.24, 2.45) is 5.92 Å². The Labute approximate surface area is 197 Å². The number of aliphatic hydroxyl groups excluding tert-OH is 1. The quantitative estimate of drug-likeness (QED) is 0.577. The number of halogens is 3. The third-order valence-electron chi connectivity index (χ3n) is 6.37. The molecule has 2 atom stereocenters. The van der Waals surface area contributed by atoms with Gasteiger partial charge in [0.2, 0.25) is 11.3 Å². The number of aliphatic hydroxyl groups is 1. The molecule has 2 amide bonds. The number of hydrogen-bond donors (Lipinski definition) is 2. The van der Waals surface area contributed by atoms with Crippen LogP contribution in [0.4, 0.5) is 19.0 Å². The lowest BCUT2D eigenvalue weighted by atomic mass is 10.1. The van der Waals surface area contributed by atoms with E-state index < -0.39 is 46.5 Å². The zero-order valence-electron chi connectivity index (χ0n) is 18.6. The summed E-state index contributed by atoms with van der Waals surface area (Å²) in [4.78, 5) is 43.9. The average Bonchev–Trinajstić information content (AvgIpc) is 3.58. The van der Waals surface area contributed by atoms with E-state index in [-0.39, 0.29) is 41.4 Å². The summed E-state index contributed by atoms with van der Waals surface area (Å²) in [6.45, 7) is 1.77. The van der Waals surface area contributed by atoms with Gasteiger partial charge in [0, 0.05) is 24.4 Å². The van der Waals surface area contributed by atoms with Crippen molar-refractivity contribution in [2.75, 3.05) is 11.4 Å². The molecule has 2 aromatic heterocycles. The number of fused-ring (bicyclic) bond motifs is 1. The maximum absolute atomic E-state index is 14.8. The normalized spacial score (nSPS) is 18.8. The van der Waals surface area contributed by atoms with Gasteiger partial charge in [0.05, 0.1) is 24.5 Å². The molecule has 0 spiro atoms. The fourth-order valence-corrected chi connectivity index (χ4v) is 4.35. The third kappa shape index (κ3) is 4.16. The molecule has 3 aromatic rings. The van der Waals surface area contributed by atoms with Gasteiger partial charge in [-0.15, -0.1) is 0 Å². The van der Waals surface area contributed by atoms with E-state index in [1.165, 1.54) is 17.0 Å². The van der Waals surface area contributed by atoms with Crippen molar-refractivity contribution in [1.29, 1.82) is 0 Å².